The molecule has 0 radical (unpaired) electrons. The molecule has 0 fully saturated rings. The van der Waals surface area contributed by atoms with Gasteiger partial charge in [0, 0.05) is 5.56 Å². The van der Waals surface area contributed by atoms with E-state index in [1.165, 1.54) is 27.0 Å². The van der Waals surface area contributed by atoms with Gasteiger partial charge < -0.3 is 4.74 Å². The summed E-state index contributed by atoms with van der Waals surface area (Å²) >= 11 is 0. The molecule has 0 aromatic heterocycles. The van der Waals surface area contributed by atoms with E-state index in [0.29, 0.717) is 5.56 Å². The van der Waals surface area contributed by atoms with Crippen molar-refractivity contribution in [1.82, 2.24) is 0 Å². The minimum absolute atomic E-state index is 0.262. The van der Waals surface area contributed by atoms with Gasteiger partial charge in [-0.15, -0.1) is 0 Å². The van der Waals surface area contributed by atoms with Crippen LogP contribution in [0.15, 0.2) is 152 Å². The molecule has 194 valence electrons. The number of benzene rings is 6. The molecule has 0 atom stereocenters. The van der Waals surface area contributed by atoms with Crippen LogP contribution in [0.3, 0.4) is 0 Å². The van der Waals surface area contributed by atoms with E-state index >= 15 is 0 Å². The number of rotatable bonds is 7. The standard InChI is InChI=1S/C37H30O2P/c1-40(33-15-7-3-8-16-33,34-17-9-4-10-18-34)36-20-12-11-19-35(36)31-23-21-30-26-32(24-22-29(30)25-31)37(38)39-27-28-13-5-2-6-14-28/h2-26H,27H2,1H3/q+1. The average molecular weight is 538 g/mol. The Kier molecular flexibility index (Phi) is 7.27. The first kappa shape index (κ1) is 25.7. The zero-order valence-electron chi connectivity index (χ0n) is 22.4. The lowest BCUT2D eigenvalue weighted by atomic mass is 10.00. The molecule has 2 nitrogen and oxygen atoms in total. The number of hydrogen-bond donors (Lipinski definition) is 0. The minimum Gasteiger partial charge on any atom is -0.457 e. The van der Waals surface area contributed by atoms with Crippen LogP contribution in [-0.2, 0) is 11.3 Å². The Morgan fingerprint density at radius 2 is 1.15 bits per heavy atom. The molecule has 40 heavy (non-hydrogen) atoms. The fourth-order valence-electron chi connectivity index (χ4n) is 5.33. The topological polar surface area (TPSA) is 26.3 Å². The molecule has 6 aromatic rings. The van der Waals surface area contributed by atoms with Crippen LogP contribution < -0.4 is 15.9 Å². The normalized spacial score (nSPS) is 11.3. The van der Waals surface area contributed by atoms with Crippen molar-refractivity contribution in [2.24, 2.45) is 0 Å². The summed E-state index contributed by atoms with van der Waals surface area (Å²) in [4.78, 5) is 12.8. The highest BCUT2D eigenvalue weighted by atomic mass is 31.2. The third-order valence-electron chi connectivity index (χ3n) is 7.53. The van der Waals surface area contributed by atoms with Crippen molar-refractivity contribution in [2.45, 2.75) is 6.61 Å². The minimum atomic E-state index is -1.91. The summed E-state index contributed by atoms with van der Waals surface area (Å²) in [7, 11) is -1.91. The van der Waals surface area contributed by atoms with E-state index in [1.807, 2.05) is 48.5 Å². The van der Waals surface area contributed by atoms with Crippen LogP contribution in [0.5, 0.6) is 0 Å². The molecule has 0 bridgehead atoms. The van der Waals surface area contributed by atoms with E-state index in [9.17, 15) is 4.79 Å². The molecular weight excluding hydrogens is 507 g/mol. The van der Waals surface area contributed by atoms with E-state index in [2.05, 4.69) is 110 Å². The molecule has 0 aliphatic heterocycles. The molecule has 6 aromatic carbocycles. The zero-order chi connectivity index (χ0) is 27.4. The maximum absolute atomic E-state index is 12.8. The lowest BCUT2D eigenvalue weighted by Gasteiger charge is -2.25. The molecule has 0 heterocycles. The van der Waals surface area contributed by atoms with Crippen molar-refractivity contribution < 1.29 is 9.53 Å². The monoisotopic (exact) mass is 537 g/mol. The van der Waals surface area contributed by atoms with Gasteiger partial charge in [-0.25, -0.2) is 4.79 Å². The Balaban J connectivity index is 1.37. The van der Waals surface area contributed by atoms with Crippen molar-refractivity contribution in [3.05, 3.63) is 163 Å². The third kappa shape index (κ3) is 5.07. The third-order valence-corrected chi connectivity index (χ3v) is 11.5. The Labute approximate surface area is 236 Å². The molecule has 6 rings (SSSR count). The first-order chi connectivity index (χ1) is 19.6. The smallest absolute Gasteiger partial charge is 0.338 e. The van der Waals surface area contributed by atoms with Gasteiger partial charge in [0.05, 0.1) is 12.2 Å². The van der Waals surface area contributed by atoms with Crippen LogP contribution in [-0.4, -0.2) is 12.6 Å². The maximum Gasteiger partial charge on any atom is 0.338 e. The van der Waals surface area contributed by atoms with E-state index in [4.69, 9.17) is 4.74 Å². The lowest BCUT2D eigenvalue weighted by Crippen LogP contribution is -2.31. The Hall–Kier alpha value is -4.52. The summed E-state index contributed by atoms with van der Waals surface area (Å²) in [5, 5.41) is 6.17. The quantitative estimate of drug-likeness (QED) is 0.154. The zero-order valence-corrected chi connectivity index (χ0v) is 23.3. The number of esters is 1. The molecule has 3 heteroatoms. The van der Waals surface area contributed by atoms with Gasteiger partial charge >= 0.3 is 5.97 Å². The lowest BCUT2D eigenvalue weighted by molar-refractivity contribution is 0.0473. The Bertz CT molecular complexity index is 1720. The second kappa shape index (κ2) is 11.3. The predicted molar refractivity (Wildman–Crippen MR) is 170 cm³/mol. The van der Waals surface area contributed by atoms with Crippen molar-refractivity contribution in [3.63, 3.8) is 0 Å². The van der Waals surface area contributed by atoms with Gasteiger partial charge in [-0.3, -0.25) is 0 Å². The molecule has 0 saturated heterocycles. The highest BCUT2D eigenvalue weighted by molar-refractivity contribution is 7.95. The number of ether oxygens (including phenoxy) is 1. The highest BCUT2D eigenvalue weighted by Crippen LogP contribution is 2.53. The summed E-state index contributed by atoms with van der Waals surface area (Å²) in [5.41, 5.74) is 3.93. The first-order valence-electron chi connectivity index (χ1n) is 13.5. The second-order valence-electron chi connectivity index (χ2n) is 10.0. The predicted octanol–water partition coefficient (Wildman–Crippen LogP) is 7.79. The molecule has 0 amide bonds. The molecule has 0 aliphatic rings. The fourth-order valence-corrected chi connectivity index (χ4v) is 8.79. The summed E-state index contributed by atoms with van der Waals surface area (Å²) in [5.74, 6) is -0.313. The van der Waals surface area contributed by atoms with Gasteiger partial charge in [0.1, 0.15) is 29.8 Å². The Morgan fingerprint density at radius 1 is 0.600 bits per heavy atom. The number of fused-ring (bicyclic) bond motifs is 1. The van der Waals surface area contributed by atoms with Crippen molar-refractivity contribution in [2.75, 3.05) is 6.66 Å². The van der Waals surface area contributed by atoms with Crippen LogP contribution in [0.25, 0.3) is 21.9 Å². The molecular formula is C37H30O2P+. The molecule has 0 aliphatic carbocycles. The molecule has 0 unspecified atom stereocenters. The largest absolute Gasteiger partial charge is 0.457 e. The SMILES string of the molecule is C[P+](c1ccccc1)(c1ccccc1)c1ccccc1-c1ccc2cc(C(=O)OCc3ccccc3)ccc2c1. The first-order valence-corrected chi connectivity index (χ1v) is 15.7. The van der Waals surface area contributed by atoms with Crippen LogP contribution in [0.4, 0.5) is 0 Å². The summed E-state index contributed by atoms with van der Waals surface area (Å²) in [6, 6.07) is 52.6. The average Bonchev–Trinajstić information content (AvgIpc) is 3.04. The molecule has 0 spiro atoms. The van der Waals surface area contributed by atoms with Crippen LogP contribution >= 0.6 is 7.26 Å². The molecule has 0 saturated carbocycles. The van der Waals surface area contributed by atoms with E-state index in [0.717, 1.165) is 16.3 Å². The summed E-state index contributed by atoms with van der Waals surface area (Å²) < 4.78 is 5.56. The maximum atomic E-state index is 12.8. The number of carbonyl (C=O) groups excluding carboxylic acids is 1. The Morgan fingerprint density at radius 3 is 1.82 bits per heavy atom. The highest BCUT2D eigenvalue weighted by Gasteiger charge is 2.41. The number of hydrogen-bond acceptors (Lipinski definition) is 2. The number of carbonyl (C=O) groups is 1. The fraction of sp³-hybridized carbons (Fsp3) is 0.0541. The van der Waals surface area contributed by atoms with Crippen LogP contribution in [0.1, 0.15) is 15.9 Å². The molecule has 0 N–H and O–H groups in total. The van der Waals surface area contributed by atoms with Crippen LogP contribution in [0, 0.1) is 0 Å². The van der Waals surface area contributed by atoms with Crippen molar-refractivity contribution in [1.29, 1.82) is 0 Å². The van der Waals surface area contributed by atoms with E-state index in [1.54, 1.807) is 0 Å². The van der Waals surface area contributed by atoms with Gasteiger partial charge in [-0.2, -0.15) is 0 Å². The van der Waals surface area contributed by atoms with Gasteiger partial charge in [0.25, 0.3) is 0 Å². The summed E-state index contributed by atoms with van der Waals surface area (Å²) in [6.07, 6.45) is 0. The second-order valence-corrected chi connectivity index (χ2v) is 13.6. The van der Waals surface area contributed by atoms with Crippen molar-refractivity contribution >= 4 is 39.9 Å². The van der Waals surface area contributed by atoms with Gasteiger partial charge in [0.15, 0.2) is 0 Å². The van der Waals surface area contributed by atoms with E-state index in [-0.39, 0.29) is 12.6 Å². The van der Waals surface area contributed by atoms with Gasteiger partial charge in [-0.1, -0.05) is 103 Å². The van der Waals surface area contributed by atoms with Crippen LogP contribution in [0.2, 0.25) is 0 Å². The van der Waals surface area contributed by atoms with Gasteiger partial charge in [-0.05, 0) is 70.4 Å². The van der Waals surface area contributed by atoms with Crippen molar-refractivity contribution in [3.8, 4) is 11.1 Å². The van der Waals surface area contributed by atoms with E-state index < -0.39 is 7.26 Å². The summed E-state index contributed by atoms with van der Waals surface area (Å²) in [6.45, 7) is 2.68. The van der Waals surface area contributed by atoms with Gasteiger partial charge in [0.2, 0.25) is 0 Å².